The number of anilines is 2. The highest BCUT2D eigenvalue weighted by atomic mass is 35.5. The molecule has 1 saturated heterocycles. The molecule has 1 aliphatic heterocycles. The number of sulfone groups is 1. The van der Waals surface area contributed by atoms with Gasteiger partial charge in [-0.05, 0) is 6.42 Å². The fourth-order valence-electron chi connectivity index (χ4n) is 1.91. The van der Waals surface area contributed by atoms with Gasteiger partial charge in [0, 0.05) is 6.04 Å². The fourth-order valence-corrected chi connectivity index (χ4v) is 3.71. The van der Waals surface area contributed by atoms with Crippen LogP contribution in [0.2, 0.25) is 5.15 Å². The quantitative estimate of drug-likeness (QED) is 0.327. The van der Waals surface area contributed by atoms with Crippen molar-refractivity contribution in [1.29, 1.82) is 0 Å². The molecule has 11 nitrogen and oxygen atoms in total. The summed E-state index contributed by atoms with van der Waals surface area (Å²) in [5.74, 6) is -1.43. The lowest BCUT2D eigenvalue weighted by Crippen LogP contribution is -2.41. The first-order chi connectivity index (χ1) is 10.2. The van der Waals surface area contributed by atoms with Crippen molar-refractivity contribution in [2.24, 2.45) is 10.7 Å². The Bertz CT molecular complexity index is 752. The third kappa shape index (κ3) is 4.64. The summed E-state index contributed by atoms with van der Waals surface area (Å²) in [7, 11) is -3.07. The average molecular weight is 366 g/mol. The van der Waals surface area contributed by atoms with E-state index < -0.39 is 15.7 Å². The summed E-state index contributed by atoms with van der Waals surface area (Å²) >= 11 is 5.67. The molecule has 128 valence electrons. The Morgan fingerprint density at radius 3 is 2.52 bits per heavy atom. The molecule has 1 fully saturated rings. The third-order valence-electron chi connectivity index (χ3n) is 2.91. The minimum Gasteiger partial charge on any atom is -0.412 e. The highest BCUT2D eigenvalue weighted by Crippen LogP contribution is 2.18. The highest BCUT2D eigenvalue weighted by Gasteiger charge is 2.28. The van der Waals surface area contributed by atoms with E-state index in [2.05, 4.69) is 20.3 Å². The SMILES string of the molecule is N/C(=N/C(=O)c1nc(Cl)c(N)nc1N)NC1CCS(=O)(=O)C1.O. The van der Waals surface area contributed by atoms with E-state index in [-0.39, 0.29) is 51.5 Å². The van der Waals surface area contributed by atoms with E-state index in [1.807, 2.05) is 0 Å². The zero-order chi connectivity index (χ0) is 16.5. The highest BCUT2D eigenvalue weighted by molar-refractivity contribution is 7.91. The molecule has 2 heterocycles. The fraction of sp³-hybridized carbons (Fsp3) is 0.400. The molecule has 1 amide bonds. The van der Waals surface area contributed by atoms with Crippen LogP contribution in [-0.2, 0) is 9.84 Å². The topological polar surface area (TPSA) is 211 Å². The maximum atomic E-state index is 11.9. The monoisotopic (exact) mass is 365 g/mol. The summed E-state index contributed by atoms with van der Waals surface area (Å²) in [6.45, 7) is 0. The van der Waals surface area contributed by atoms with Gasteiger partial charge in [0.1, 0.15) is 0 Å². The average Bonchev–Trinajstić information content (AvgIpc) is 2.72. The predicted molar refractivity (Wildman–Crippen MR) is 85.6 cm³/mol. The van der Waals surface area contributed by atoms with Gasteiger partial charge < -0.3 is 28.0 Å². The largest absolute Gasteiger partial charge is 0.412 e. The number of halogens is 1. The molecule has 0 bridgehead atoms. The summed E-state index contributed by atoms with van der Waals surface area (Å²) < 4.78 is 22.7. The first-order valence-electron chi connectivity index (χ1n) is 6.12. The molecule has 23 heavy (non-hydrogen) atoms. The van der Waals surface area contributed by atoms with E-state index in [0.717, 1.165) is 0 Å². The van der Waals surface area contributed by atoms with Crippen molar-refractivity contribution >= 4 is 44.9 Å². The molecule has 0 spiro atoms. The van der Waals surface area contributed by atoms with Crippen LogP contribution in [0, 0.1) is 0 Å². The predicted octanol–water partition coefficient (Wildman–Crippen LogP) is -2.30. The standard InChI is InChI=1S/C10H14ClN7O3S.H2O/c11-6-8(13)17-7(12)5(16-6)9(19)18-10(14)15-4-1-2-22(20,21)3-4;/h4H,1-3H2,(H4,12,13,17)(H3,14,15,18,19);1H2. The lowest BCUT2D eigenvalue weighted by Gasteiger charge is -2.10. The van der Waals surface area contributed by atoms with E-state index in [9.17, 15) is 13.2 Å². The van der Waals surface area contributed by atoms with E-state index in [0.29, 0.717) is 6.42 Å². The van der Waals surface area contributed by atoms with Gasteiger partial charge in [0.2, 0.25) is 0 Å². The summed E-state index contributed by atoms with van der Waals surface area (Å²) in [5.41, 5.74) is 16.2. The molecule has 2 rings (SSSR count). The summed E-state index contributed by atoms with van der Waals surface area (Å²) in [6, 6.07) is -0.389. The molecule has 1 atom stereocenters. The van der Waals surface area contributed by atoms with Crippen molar-refractivity contribution in [2.75, 3.05) is 23.0 Å². The van der Waals surface area contributed by atoms with Crippen molar-refractivity contribution < 1.29 is 18.7 Å². The van der Waals surface area contributed by atoms with Gasteiger partial charge in [0.05, 0.1) is 11.5 Å². The molecule has 13 heteroatoms. The van der Waals surface area contributed by atoms with Crippen LogP contribution in [0.4, 0.5) is 11.6 Å². The van der Waals surface area contributed by atoms with Crippen molar-refractivity contribution in [3.8, 4) is 0 Å². The number of carbonyl (C=O) groups excluding carboxylic acids is 1. The van der Waals surface area contributed by atoms with Crippen LogP contribution in [-0.4, -0.2) is 53.3 Å². The summed E-state index contributed by atoms with van der Waals surface area (Å²) in [6.07, 6.45) is 0.391. The molecule has 0 saturated carbocycles. The molecule has 1 aliphatic rings. The second-order valence-corrected chi connectivity index (χ2v) is 7.27. The number of aromatic nitrogens is 2. The van der Waals surface area contributed by atoms with Crippen LogP contribution in [0.3, 0.4) is 0 Å². The number of aliphatic imine (C=N–C) groups is 1. The van der Waals surface area contributed by atoms with Gasteiger partial charge in [-0.3, -0.25) is 4.79 Å². The Balaban J connectivity index is 0.00000264. The number of nitrogens with zero attached hydrogens (tertiary/aromatic N) is 3. The van der Waals surface area contributed by atoms with Gasteiger partial charge in [0.25, 0.3) is 0 Å². The minimum atomic E-state index is -3.07. The second-order valence-electron chi connectivity index (χ2n) is 4.68. The maximum absolute atomic E-state index is 11.9. The van der Waals surface area contributed by atoms with Gasteiger partial charge >= 0.3 is 5.91 Å². The number of carbonyl (C=O) groups is 1. The Labute approximate surface area is 136 Å². The van der Waals surface area contributed by atoms with Crippen LogP contribution in [0.1, 0.15) is 16.9 Å². The van der Waals surface area contributed by atoms with Crippen LogP contribution in [0.15, 0.2) is 4.99 Å². The van der Waals surface area contributed by atoms with E-state index >= 15 is 0 Å². The Kier molecular flexibility index (Phi) is 5.69. The smallest absolute Gasteiger partial charge is 0.302 e. The molecule has 0 aromatic carbocycles. The Hall–Kier alpha value is -2.18. The van der Waals surface area contributed by atoms with Crippen molar-refractivity contribution in [3.63, 3.8) is 0 Å². The number of rotatable bonds is 2. The maximum Gasteiger partial charge on any atom is 0.302 e. The third-order valence-corrected chi connectivity index (χ3v) is 4.96. The molecular formula is C10H16ClN7O4S. The van der Waals surface area contributed by atoms with Gasteiger partial charge in [-0.25, -0.2) is 18.4 Å². The second kappa shape index (κ2) is 6.93. The zero-order valence-electron chi connectivity index (χ0n) is 11.8. The van der Waals surface area contributed by atoms with Crippen LogP contribution < -0.4 is 22.5 Å². The first kappa shape index (κ1) is 18.9. The van der Waals surface area contributed by atoms with Crippen LogP contribution >= 0.6 is 11.6 Å². The molecule has 0 radical (unpaired) electrons. The number of hydrogen-bond acceptors (Lipinski definition) is 7. The summed E-state index contributed by atoms with van der Waals surface area (Å²) in [4.78, 5) is 22.8. The van der Waals surface area contributed by atoms with Crippen LogP contribution in [0.5, 0.6) is 0 Å². The molecule has 1 aromatic heterocycles. The van der Waals surface area contributed by atoms with Gasteiger partial charge in [-0.1, -0.05) is 11.6 Å². The molecule has 1 unspecified atom stereocenters. The number of amides is 1. The number of guanidine groups is 1. The van der Waals surface area contributed by atoms with Crippen molar-refractivity contribution in [1.82, 2.24) is 15.3 Å². The lowest BCUT2D eigenvalue weighted by atomic mass is 10.3. The lowest BCUT2D eigenvalue weighted by molar-refractivity contribution is 0.0998. The van der Waals surface area contributed by atoms with Crippen LogP contribution in [0.25, 0.3) is 0 Å². The van der Waals surface area contributed by atoms with Crippen molar-refractivity contribution in [2.45, 2.75) is 12.5 Å². The number of hydrogen-bond donors (Lipinski definition) is 4. The molecular weight excluding hydrogens is 350 g/mol. The first-order valence-corrected chi connectivity index (χ1v) is 8.32. The Morgan fingerprint density at radius 2 is 1.96 bits per heavy atom. The molecule has 1 aromatic rings. The molecule has 9 N–H and O–H groups in total. The van der Waals surface area contributed by atoms with Gasteiger partial charge in [-0.2, -0.15) is 4.99 Å². The van der Waals surface area contributed by atoms with Gasteiger partial charge in [0.15, 0.2) is 38.3 Å². The van der Waals surface area contributed by atoms with E-state index in [1.54, 1.807) is 0 Å². The minimum absolute atomic E-state index is 0. The number of nitrogen functional groups attached to an aromatic ring is 2. The van der Waals surface area contributed by atoms with E-state index in [4.69, 9.17) is 28.8 Å². The number of nitrogens with one attached hydrogen (secondary N) is 1. The van der Waals surface area contributed by atoms with Gasteiger partial charge in [-0.15, -0.1) is 0 Å². The van der Waals surface area contributed by atoms with E-state index in [1.165, 1.54) is 0 Å². The normalized spacial score (nSPS) is 19.9. The summed E-state index contributed by atoms with van der Waals surface area (Å²) in [5, 5.41) is 2.48. The molecule has 0 aliphatic carbocycles. The van der Waals surface area contributed by atoms with Crippen molar-refractivity contribution in [3.05, 3.63) is 10.8 Å². The zero-order valence-corrected chi connectivity index (χ0v) is 13.4. The Morgan fingerprint density at radius 1 is 1.30 bits per heavy atom. The number of nitrogens with two attached hydrogens (primary N) is 3.